The molecule has 0 fully saturated rings. The zero-order chi connectivity index (χ0) is 21.2. The van der Waals surface area contributed by atoms with E-state index in [-0.39, 0.29) is 28.6 Å². The van der Waals surface area contributed by atoms with Gasteiger partial charge in [0.05, 0.1) is 38.8 Å². The fraction of sp³-hybridized carbons (Fsp3) is 0.263. The Balaban J connectivity index is 2.25. The lowest BCUT2D eigenvalue weighted by molar-refractivity contribution is -0.140. The topological polar surface area (TPSA) is 96.7 Å². The van der Waals surface area contributed by atoms with Crippen molar-refractivity contribution in [1.29, 1.82) is 0 Å². The second-order valence-electron chi connectivity index (χ2n) is 6.04. The van der Waals surface area contributed by atoms with E-state index in [1.807, 2.05) is 0 Å². The molecule has 0 saturated carbocycles. The van der Waals surface area contributed by atoms with Gasteiger partial charge in [-0.2, -0.15) is 0 Å². The molecule has 3 aromatic rings. The van der Waals surface area contributed by atoms with E-state index in [0.29, 0.717) is 22.5 Å². The molecule has 0 aliphatic carbocycles. The second kappa shape index (κ2) is 8.30. The van der Waals surface area contributed by atoms with Crippen molar-refractivity contribution in [1.82, 2.24) is 8.96 Å². The number of carbonyl (C=O) groups excluding carboxylic acids is 1. The number of rotatable bonds is 7. The van der Waals surface area contributed by atoms with Gasteiger partial charge in [-0.15, -0.1) is 0 Å². The van der Waals surface area contributed by atoms with E-state index >= 15 is 0 Å². The average molecular weight is 439 g/mol. The Bertz CT molecular complexity index is 1170. The van der Waals surface area contributed by atoms with Crippen molar-refractivity contribution in [3.8, 4) is 11.5 Å². The maximum atomic E-state index is 13.6. The molecule has 0 aliphatic rings. The molecular formula is C19H19ClN2O6S. The molecule has 2 aromatic heterocycles. The molecule has 0 bridgehead atoms. The highest BCUT2D eigenvalue weighted by Gasteiger charge is 2.27. The smallest absolute Gasteiger partial charge is 0.305 e. The van der Waals surface area contributed by atoms with Gasteiger partial charge < -0.3 is 14.2 Å². The molecular weight excluding hydrogens is 420 g/mol. The second-order valence-corrected chi connectivity index (χ2v) is 8.18. The van der Waals surface area contributed by atoms with Gasteiger partial charge >= 0.3 is 5.97 Å². The summed E-state index contributed by atoms with van der Waals surface area (Å²) in [5, 5.41) is 0.227. The van der Waals surface area contributed by atoms with Crippen LogP contribution in [0.15, 0.2) is 41.3 Å². The monoisotopic (exact) mass is 438 g/mol. The van der Waals surface area contributed by atoms with Crippen LogP contribution in [0.2, 0.25) is 5.15 Å². The van der Waals surface area contributed by atoms with Gasteiger partial charge in [-0.25, -0.2) is 17.4 Å². The number of halogens is 1. The molecule has 10 heteroatoms. The van der Waals surface area contributed by atoms with Gasteiger partial charge in [0, 0.05) is 11.8 Å². The van der Waals surface area contributed by atoms with Crippen LogP contribution in [-0.2, 0) is 26.0 Å². The van der Waals surface area contributed by atoms with Gasteiger partial charge in [0.2, 0.25) is 0 Å². The normalized spacial score (nSPS) is 11.4. The first-order valence-corrected chi connectivity index (χ1v) is 10.3. The zero-order valence-corrected chi connectivity index (χ0v) is 17.6. The predicted molar refractivity (Wildman–Crippen MR) is 107 cm³/mol. The third kappa shape index (κ3) is 4.01. The minimum Gasteiger partial charge on any atom is -0.497 e. The van der Waals surface area contributed by atoms with Crippen LogP contribution in [0.5, 0.6) is 11.5 Å². The Kier molecular flexibility index (Phi) is 5.99. The molecule has 0 N–H and O–H groups in total. The summed E-state index contributed by atoms with van der Waals surface area (Å²) in [4.78, 5) is 15.7. The molecule has 3 rings (SSSR count). The highest BCUT2D eigenvalue weighted by molar-refractivity contribution is 7.90. The van der Waals surface area contributed by atoms with Gasteiger partial charge in [-0.3, -0.25) is 4.79 Å². The minimum absolute atomic E-state index is 0.00528. The molecule has 0 saturated heterocycles. The summed E-state index contributed by atoms with van der Waals surface area (Å²) in [6.07, 6.45) is 0.136. The van der Waals surface area contributed by atoms with Crippen molar-refractivity contribution in [2.24, 2.45) is 0 Å². The van der Waals surface area contributed by atoms with E-state index in [9.17, 15) is 13.2 Å². The molecule has 1 aromatic carbocycles. The van der Waals surface area contributed by atoms with Crippen LogP contribution in [0.1, 0.15) is 12.1 Å². The SMILES string of the molecule is COC(=O)CCc1cc2nc(Cl)ccc2n1S(=O)(=O)c1cc(OC)ccc1OC. The molecule has 0 aliphatic heterocycles. The van der Waals surface area contributed by atoms with Crippen molar-refractivity contribution >= 4 is 38.6 Å². The van der Waals surface area contributed by atoms with Crippen LogP contribution in [0.3, 0.4) is 0 Å². The summed E-state index contributed by atoms with van der Waals surface area (Å²) in [5.74, 6) is 0.0655. The van der Waals surface area contributed by atoms with Gasteiger partial charge in [-0.05, 0) is 36.8 Å². The third-order valence-corrected chi connectivity index (χ3v) is 6.35. The predicted octanol–water partition coefficient (Wildman–Crippen LogP) is 3.05. The first kappa shape index (κ1) is 20.9. The van der Waals surface area contributed by atoms with Crippen LogP contribution in [0.25, 0.3) is 11.0 Å². The quantitative estimate of drug-likeness (QED) is 0.413. The summed E-state index contributed by atoms with van der Waals surface area (Å²) in [6.45, 7) is 0. The number of hydrogen-bond donors (Lipinski definition) is 0. The number of esters is 1. The zero-order valence-electron chi connectivity index (χ0n) is 16.0. The fourth-order valence-corrected chi connectivity index (χ4v) is 4.85. The standard InChI is InChI=1S/C19H19ClN2O6S/c1-26-13-5-7-16(27-2)17(11-13)29(24,25)22-12(4-9-19(23)28-3)10-14-15(22)6-8-18(20)21-14/h5-8,10-11H,4,9H2,1-3H3. The van der Waals surface area contributed by atoms with Crippen LogP contribution in [0, 0.1) is 0 Å². The maximum absolute atomic E-state index is 13.6. The molecule has 0 amide bonds. The van der Waals surface area contributed by atoms with Crippen molar-refractivity contribution < 1.29 is 27.4 Å². The van der Waals surface area contributed by atoms with E-state index in [1.54, 1.807) is 18.2 Å². The Labute approximate surface area is 173 Å². The van der Waals surface area contributed by atoms with Gasteiger partial charge in [0.15, 0.2) is 0 Å². The van der Waals surface area contributed by atoms with E-state index in [1.165, 1.54) is 39.5 Å². The minimum atomic E-state index is -4.12. The van der Waals surface area contributed by atoms with Crippen LogP contribution >= 0.6 is 11.6 Å². The Morgan fingerprint density at radius 3 is 2.52 bits per heavy atom. The molecule has 2 heterocycles. The summed E-state index contributed by atoms with van der Waals surface area (Å²) in [6, 6.07) is 9.16. The van der Waals surface area contributed by atoms with Crippen molar-refractivity contribution in [2.75, 3.05) is 21.3 Å². The highest BCUT2D eigenvalue weighted by Crippen LogP contribution is 2.33. The number of carbonyl (C=O) groups is 1. The largest absolute Gasteiger partial charge is 0.497 e. The summed E-state index contributed by atoms with van der Waals surface area (Å²) in [7, 11) is -0.0199. The number of aryl methyl sites for hydroxylation is 1. The molecule has 0 spiro atoms. The lowest BCUT2D eigenvalue weighted by Crippen LogP contribution is -2.17. The Hall–Kier alpha value is -2.78. The highest BCUT2D eigenvalue weighted by atomic mass is 35.5. The van der Waals surface area contributed by atoms with Crippen LogP contribution in [0.4, 0.5) is 0 Å². The van der Waals surface area contributed by atoms with Crippen molar-refractivity contribution in [2.45, 2.75) is 17.7 Å². The molecule has 0 atom stereocenters. The molecule has 154 valence electrons. The molecule has 0 unspecified atom stereocenters. The fourth-order valence-electron chi connectivity index (χ4n) is 2.97. The summed E-state index contributed by atoms with van der Waals surface area (Å²) >= 11 is 5.97. The van der Waals surface area contributed by atoms with Gasteiger partial charge in [-0.1, -0.05) is 11.6 Å². The van der Waals surface area contributed by atoms with Gasteiger partial charge in [0.1, 0.15) is 21.5 Å². The van der Waals surface area contributed by atoms with E-state index in [2.05, 4.69) is 9.72 Å². The van der Waals surface area contributed by atoms with Crippen LogP contribution < -0.4 is 9.47 Å². The first-order chi connectivity index (χ1) is 13.8. The number of ether oxygens (including phenoxy) is 3. The number of methoxy groups -OCH3 is 3. The third-order valence-electron chi connectivity index (χ3n) is 4.35. The Morgan fingerprint density at radius 1 is 1.10 bits per heavy atom. The molecule has 0 radical (unpaired) electrons. The van der Waals surface area contributed by atoms with Crippen molar-refractivity contribution in [3.05, 3.63) is 47.2 Å². The molecule has 29 heavy (non-hydrogen) atoms. The summed E-state index contributed by atoms with van der Waals surface area (Å²) in [5.41, 5.74) is 1.09. The average Bonchev–Trinajstić information content (AvgIpc) is 3.09. The lowest BCUT2D eigenvalue weighted by atomic mass is 10.2. The maximum Gasteiger partial charge on any atom is 0.305 e. The lowest BCUT2D eigenvalue weighted by Gasteiger charge is -2.15. The molecule has 8 nitrogen and oxygen atoms in total. The Morgan fingerprint density at radius 2 is 1.86 bits per heavy atom. The van der Waals surface area contributed by atoms with Gasteiger partial charge in [0.25, 0.3) is 10.0 Å². The van der Waals surface area contributed by atoms with E-state index in [0.717, 1.165) is 3.97 Å². The summed E-state index contributed by atoms with van der Waals surface area (Å²) < 4.78 is 43.5. The number of nitrogens with zero attached hydrogens (tertiary/aromatic N) is 2. The number of aromatic nitrogens is 2. The van der Waals surface area contributed by atoms with Crippen LogP contribution in [-0.4, -0.2) is 44.7 Å². The number of hydrogen-bond acceptors (Lipinski definition) is 7. The first-order valence-electron chi connectivity index (χ1n) is 8.53. The number of fused-ring (bicyclic) bond motifs is 1. The van der Waals surface area contributed by atoms with E-state index < -0.39 is 16.0 Å². The van der Waals surface area contributed by atoms with E-state index in [4.69, 9.17) is 21.1 Å². The number of pyridine rings is 1. The number of benzene rings is 1. The van der Waals surface area contributed by atoms with Crippen molar-refractivity contribution in [3.63, 3.8) is 0 Å².